The Morgan fingerprint density at radius 3 is 2.42 bits per heavy atom. The Bertz CT molecular complexity index is 836. The smallest absolute Gasteiger partial charge is 0.253 e. The molecule has 3 rings (SSSR count). The van der Waals surface area contributed by atoms with Gasteiger partial charge >= 0.3 is 0 Å². The minimum absolute atomic E-state index is 0.128. The van der Waals surface area contributed by atoms with E-state index in [0.717, 1.165) is 12.8 Å². The number of nitrogens with zero attached hydrogens (tertiary/aromatic N) is 2. The first-order valence-corrected chi connectivity index (χ1v) is 8.36. The average Bonchev–Trinajstić information content (AvgIpc) is 2.67. The third kappa shape index (κ3) is 3.52. The number of hydrogen-bond acceptors (Lipinski definition) is 3. The molecule has 6 heteroatoms. The van der Waals surface area contributed by atoms with E-state index in [2.05, 4.69) is 10.8 Å². The zero-order chi connectivity index (χ0) is 18.7. The Morgan fingerprint density at radius 2 is 1.85 bits per heavy atom. The monoisotopic (exact) mass is 356 g/mol. The standard InChI is InChI=1S/C20H18F2N2O2/c1-26-19-17(21)9-16(10-18(19)22)14-4-6-15(7-5-14)20(25)24-8-2-3-13(11-23)12-24/h4-7,9-10,13H,2-3,8,12H2,1H3/t13-/m0/s1. The van der Waals surface area contributed by atoms with E-state index in [1.807, 2.05) is 0 Å². The van der Waals surface area contributed by atoms with Crippen molar-refractivity contribution >= 4 is 5.91 Å². The Kier molecular flexibility index (Phi) is 5.17. The Labute approximate surface area is 150 Å². The maximum Gasteiger partial charge on any atom is 0.253 e. The molecule has 0 N–H and O–H groups in total. The van der Waals surface area contributed by atoms with Gasteiger partial charge in [0, 0.05) is 18.7 Å². The van der Waals surface area contributed by atoms with Gasteiger partial charge in [-0.2, -0.15) is 5.26 Å². The van der Waals surface area contributed by atoms with E-state index in [0.29, 0.717) is 29.8 Å². The van der Waals surface area contributed by atoms with Crippen LogP contribution >= 0.6 is 0 Å². The second kappa shape index (κ2) is 7.52. The lowest BCUT2D eigenvalue weighted by atomic mass is 9.98. The van der Waals surface area contributed by atoms with Crippen LogP contribution in [0.3, 0.4) is 0 Å². The van der Waals surface area contributed by atoms with Crippen LogP contribution in [0.15, 0.2) is 36.4 Å². The van der Waals surface area contributed by atoms with E-state index < -0.39 is 17.4 Å². The van der Waals surface area contributed by atoms with E-state index in [4.69, 9.17) is 5.26 Å². The maximum atomic E-state index is 13.9. The third-order valence-corrected chi connectivity index (χ3v) is 4.56. The maximum absolute atomic E-state index is 13.9. The SMILES string of the molecule is COc1c(F)cc(-c2ccc(C(=O)N3CCC[C@@H](C#N)C3)cc2)cc1F. The minimum Gasteiger partial charge on any atom is -0.491 e. The largest absolute Gasteiger partial charge is 0.491 e. The molecule has 1 aliphatic rings. The van der Waals surface area contributed by atoms with Gasteiger partial charge in [-0.3, -0.25) is 4.79 Å². The van der Waals surface area contributed by atoms with Gasteiger partial charge < -0.3 is 9.64 Å². The number of carbonyl (C=O) groups is 1. The van der Waals surface area contributed by atoms with Gasteiger partial charge in [0.15, 0.2) is 17.4 Å². The summed E-state index contributed by atoms with van der Waals surface area (Å²) in [5.41, 5.74) is 1.44. The van der Waals surface area contributed by atoms with Crippen LogP contribution in [-0.2, 0) is 0 Å². The number of piperidine rings is 1. The van der Waals surface area contributed by atoms with Gasteiger partial charge in [-0.05, 0) is 48.2 Å². The molecule has 0 spiro atoms. The molecule has 2 aromatic rings. The van der Waals surface area contributed by atoms with Crippen LogP contribution in [0, 0.1) is 28.9 Å². The van der Waals surface area contributed by atoms with Gasteiger partial charge in [0.05, 0.1) is 19.1 Å². The second-order valence-corrected chi connectivity index (χ2v) is 6.27. The van der Waals surface area contributed by atoms with E-state index in [-0.39, 0.29) is 11.8 Å². The molecule has 1 atom stereocenters. The number of halogens is 2. The molecule has 0 bridgehead atoms. The normalized spacial score (nSPS) is 16.8. The summed E-state index contributed by atoms with van der Waals surface area (Å²) in [7, 11) is 1.21. The van der Waals surface area contributed by atoms with Crippen LogP contribution in [0.4, 0.5) is 8.78 Å². The van der Waals surface area contributed by atoms with Crippen LogP contribution in [0.5, 0.6) is 5.75 Å². The van der Waals surface area contributed by atoms with Crippen LogP contribution in [0.1, 0.15) is 23.2 Å². The molecule has 0 radical (unpaired) electrons. The van der Waals surface area contributed by atoms with E-state index in [1.54, 1.807) is 29.2 Å². The van der Waals surface area contributed by atoms with Crippen molar-refractivity contribution in [1.29, 1.82) is 5.26 Å². The minimum atomic E-state index is -0.779. The molecule has 0 unspecified atom stereocenters. The number of benzene rings is 2. The van der Waals surface area contributed by atoms with Crippen molar-refractivity contribution in [3.8, 4) is 22.9 Å². The van der Waals surface area contributed by atoms with Crippen LogP contribution in [-0.4, -0.2) is 31.0 Å². The average molecular weight is 356 g/mol. The Hall–Kier alpha value is -2.94. The van der Waals surface area contributed by atoms with Crippen LogP contribution in [0.2, 0.25) is 0 Å². The summed E-state index contributed by atoms with van der Waals surface area (Å²) in [5.74, 6) is -2.24. The Morgan fingerprint density at radius 1 is 1.19 bits per heavy atom. The van der Waals surface area contributed by atoms with Crippen molar-refractivity contribution in [2.75, 3.05) is 20.2 Å². The number of carbonyl (C=O) groups excluding carboxylic acids is 1. The summed E-state index contributed by atoms with van der Waals surface area (Å²) in [6.07, 6.45) is 1.63. The van der Waals surface area contributed by atoms with Crippen LogP contribution < -0.4 is 4.74 Å². The van der Waals surface area contributed by atoms with Gasteiger partial charge in [0.25, 0.3) is 5.91 Å². The highest BCUT2D eigenvalue weighted by atomic mass is 19.1. The molecule has 2 aromatic carbocycles. The molecule has 26 heavy (non-hydrogen) atoms. The predicted molar refractivity (Wildman–Crippen MR) is 92.6 cm³/mol. The van der Waals surface area contributed by atoms with E-state index in [9.17, 15) is 13.6 Å². The Balaban J connectivity index is 1.81. The second-order valence-electron chi connectivity index (χ2n) is 6.27. The fourth-order valence-electron chi connectivity index (χ4n) is 3.18. The van der Waals surface area contributed by atoms with Gasteiger partial charge in [-0.15, -0.1) is 0 Å². The first kappa shape index (κ1) is 17.9. The summed E-state index contributed by atoms with van der Waals surface area (Å²) in [6, 6.07) is 11.2. The first-order valence-electron chi connectivity index (χ1n) is 8.36. The fourth-order valence-corrected chi connectivity index (χ4v) is 3.18. The topological polar surface area (TPSA) is 53.3 Å². The molecular formula is C20H18F2N2O2. The quantitative estimate of drug-likeness (QED) is 0.835. The summed E-state index contributed by atoms with van der Waals surface area (Å²) >= 11 is 0. The fraction of sp³-hybridized carbons (Fsp3) is 0.300. The molecule has 1 amide bonds. The molecule has 134 valence electrons. The molecule has 0 aromatic heterocycles. The third-order valence-electron chi connectivity index (χ3n) is 4.56. The van der Waals surface area contributed by atoms with Gasteiger partial charge in [-0.25, -0.2) is 8.78 Å². The molecule has 1 fully saturated rings. The van der Waals surface area contributed by atoms with Crippen molar-refractivity contribution < 1.29 is 18.3 Å². The highest BCUT2D eigenvalue weighted by Crippen LogP contribution is 2.29. The predicted octanol–water partition coefficient (Wildman–Crippen LogP) is 4.02. The molecule has 1 aliphatic heterocycles. The number of hydrogen-bond donors (Lipinski definition) is 0. The molecular weight excluding hydrogens is 338 g/mol. The number of likely N-dealkylation sites (tertiary alicyclic amines) is 1. The molecule has 0 aliphatic carbocycles. The highest BCUT2D eigenvalue weighted by molar-refractivity contribution is 5.94. The zero-order valence-electron chi connectivity index (χ0n) is 14.3. The number of amides is 1. The van der Waals surface area contributed by atoms with Gasteiger partial charge in [0.1, 0.15) is 0 Å². The zero-order valence-corrected chi connectivity index (χ0v) is 14.3. The summed E-state index contributed by atoms with van der Waals surface area (Å²) in [6.45, 7) is 1.07. The van der Waals surface area contributed by atoms with E-state index >= 15 is 0 Å². The lowest BCUT2D eigenvalue weighted by Gasteiger charge is -2.29. The number of methoxy groups -OCH3 is 1. The van der Waals surface area contributed by atoms with Crippen molar-refractivity contribution in [3.05, 3.63) is 53.6 Å². The lowest BCUT2D eigenvalue weighted by molar-refractivity contribution is 0.0699. The van der Waals surface area contributed by atoms with Crippen molar-refractivity contribution in [1.82, 2.24) is 4.90 Å². The number of ether oxygens (including phenoxy) is 1. The molecule has 4 nitrogen and oxygen atoms in total. The van der Waals surface area contributed by atoms with Gasteiger partial charge in [0.2, 0.25) is 0 Å². The lowest BCUT2D eigenvalue weighted by Crippen LogP contribution is -2.39. The van der Waals surface area contributed by atoms with Crippen molar-refractivity contribution in [2.45, 2.75) is 12.8 Å². The van der Waals surface area contributed by atoms with E-state index in [1.165, 1.54) is 19.2 Å². The summed E-state index contributed by atoms with van der Waals surface area (Å²) in [5, 5.41) is 9.05. The first-order chi connectivity index (χ1) is 12.5. The van der Waals surface area contributed by atoms with Crippen molar-refractivity contribution in [2.24, 2.45) is 5.92 Å². The molecule has 1 saturated heterocycles. The number of nitriles is 1. The van der Waals surface area contributed by atoms with Crippen LogP contribution in [0.25, 0.3) is 11.1 Å². The molecule has 0 saturated carbocycles. The molecule has 1 heterocycles. The highest BCUT2D eigenvalue weighted by Gasteiger charge is 2.24. The van der Waals surface area contributed by atoms with Crippen molar-refractivity contribution in [3.63, 3.8) is 0 Å². The van der Waals surface area contributed by atoms with Gasteiger partial charge in [-0.1, -0.05) is 12.1 Å². The summed E-state index contributed by atoms with van der Waals surface area (Å²) in [4.78, 5) is 14.3. The number of rotatable bonds is 3. The summed E-state index contributed by atoms with van der Waals surface area (Å²) < 4.78 is 32.4.